The summed E-state index contributed by atoms with van der Waals surface area (Å²) in [5, 5.41) is 4.17. The zero-order valence-corrected chi connectivity index (χ0v) is 20.4. The fourth-order valence-corrected chi connectivity index (χ4v) is 5.41. The highest BCUT2D eigenvalue weighted by molar-refractivity contribution is 6.07. The highest BCUT2D eigenvalue weighted by Crippen LogP contribution is 2.29. The van der Waals surface area contributed by atoms with E-state index in [1.165, 1.54) is 32.1 Å². The number of nitrogens with one attached hydrogen (secondary N) is 1. The van der Waals surface area contributed by atoms with Crippen molar-refractivity contribution in [1.29, 1.82) is 0 Å². The number of pyridine rings is 1. The van der Waals surface area contributed by atoms with Crippen molar-refractivity contribution < 1.29 is 4.79 Å². The second-order valence-electron chi connectivity index (χ2n) is 10.4. The van der Waals surface area contributed by atoms with Crippen molar-refractivity contribution in [3.8, 4) is 0 Å². The Hall–Kier alpha value is -2.18. The van der Waals surface area contributed by atoms with Crippen molar-refractivity contribution in [3.63, 3.8) is 0 Å². The molecule has 2 fully saturated rings. The molecular formula is C27H41N5O. The molecule has 1 aromatic heterocycles. The van der Waals surface area contributed by atoms with E-state index in [9.17, 15) is 4.79 Å². The van der Waals surface area contributed by atoms with Crippen LogP contribution in [0.25, 0.3) is 10.9 Å². The van der Waals surface area contributed by atoms with Gasteiger partial charge in [0.25, 0.3) is 5.91 Å². The minimum atomic E-state index is 0.0247. The summed E-state index contributed by atoms with van der Waals surface area (Å²) in [5.41, 5.74) is 7.48. The Bertz CT molecular complexity index is 914. The summed E-state index contributed by atoms with van der Waals surface area (Å²) >= 11 is 0. The van der Waals surface area contributed by atoms with Gasteiger partial charge in [-0.25, -0.2) is 4.98 Å². The Morgan fingerprint density at radius 2 is 1.76 bits per heavy atom. The molecule has 33 heavy (non-hydrogen) atoms. The molecule has 3 N–H and O–H groups in total. The number of hydrogen-bond donors (Lipinski definition) is 2. The van der Waals surface area contributed by atoms with Gasteiger partial charge in [-0.2, -0.15) is 0 Å². The van der Waals surface area contributed by atoms with Crippen LogP contribution in [0.4, 0.5) is 5.82 Å². The molecule has 1 amide bonds. The fraction of sp³-hybridized carbons (Fsp3) is 0.630. The van der Waals surface area contributed by atoms with Gasteiger partial charge in [-0.15, -0.1) is 0 Å². The molecule has 2 heterocycles. The summed E-state index contributed by atoms with van der Waals surface area (Å²) < 4.78 is 0. The molecule has 0 atom stereocenters. The molecule has 0 radical (unpaired) electrons. The Morgan fingerprint density at radius 3 is 2.45 bits per heavy atom. The molecule has 1 aliphatic heterocycles. The lowest BCUT2D eigenvalue weighted by Gasteiger charge is -2.33. The zero-order valence-electron chi connectivity index (χ0n) is 20.4. The molecular weight excluding hydrogens is 410 g/mol. The maximum atomic E-state index is 13.3. The Labute approximate surface area is 198 Å². The van der Waals surface area contributed by atoms with Gasteiger partial charge in [-0.1, -0.05) is 18.2 Å². The number of carbonyl (C=O) groups excluding carboxylic acids is 1. The molecule has 2 aromatic rings. The number of anilines is 1. The molecule has 2 aliphatic rings. The van der Waals surface area contributed by atoms with E-state index in [4.69, 9.17) is 10.7 Å². The second-order valence-corrected chi connectivity index (χ2v) is 10.4. The zero-order chi connectivity index (χ0) is 23.2. The van der Waals surface area contributed by atoms with Crippen LogP contribution in [0.15, 0.2) is 30.3 Å². The van der Waals surface area contributed by atoms with Crippen LogP contribution < -0.4 is 16.0 Å². The number of para-hydroxylation sites is 1. The molecule has 1 aliphatic carbocycles. The van der Waals surface area contributed by atoms with Gasteiger partial charge >= 0.3 is 0 Å². The number of rotatable bonds is 8. The molecule has 6 heteroatoms. The van der Waals surface area contributed by atoms with Crippen LogP contribution in [0.3, 0.4) is 0 Å². The van der Waals surface area contributed by atoms with Crippen LogP contribution in [0.5, 0.6) is 0 Å². The molecule has 4 rings (SSSR count). The monoisotopic (exact) mass is 451 g/mol. The lowest BCUT2D eigenvalue weighted by atomic mass is 9.82. The van der Waals surface area contributed by atoms with E-state index in [0.29, 0.717) is 11.8 Å². The highest BCUT2D eigenvalue weighted by Gasteiger charge is 2.24. The Kier molecular flexibility index (Phi) is 8.20. The lowest BCUT2D eigenvalue weighted by Crippen LogP contribution is -2.36. The van der Waals surface area contributed by atoms with E-state index < -0.39 is 0 Å². The van der Waals surface area contributed by atoms with Crippen molar-refractivity contribution in [1.82, 2.24) is 15.2 Å². The van der Waals surface area contributed by atoms with E-state index in [2.05, 4.69) is 29.2 Å². The van der Waals surface area contributed by atoms with Gasteiger partial charge in [-0.3, -0.25) is 4.79 Å². The molecule has 1 saturated heterocycles. The van der Waals surface area contributed by atoms with Gasteiger partial charge < -0.3 is 20.9 Å². The molecule has 1 aromatic carbocycles. The summed E-state index contributed by atoms with van der Waals surface area (Å²) in [7, 11) is 4.29. The van der Waals surface area contributed by atoms with Gasteiger partial charge in [0.2, 0.25) is 0 Å². The maximum Gasteiger partial charge on any atom is 0.252 e. The van der Waals surface area contributed by atoms with Crippen molar-refractivity contribution in [3.05, 3.63) is 35.9 Å². The quantitative estimate of drug-likeness (QED) is 0.637. The average Bonchev–Trinajstić information content (AvgIpc) is 2.86. The Morgan fingerprint density at radius 1 is 1.06 bits per heavy atom. The van der Waals surface area contributed by atoms with Crippen LogP contribution in [0, 0.1) is 17.8 Å². The second kappa shape index (κ2) is 11.3. The van der Waals surface area contributed by atoms with Crippen molar-refractivity contribution in [2.45, 2.75) is 44.9 Å². The van der Waals surface area contributed by atoms with E-state index in [1.807, 2.05) is 30.3 Å². The average molecular weight is 452 g/mol. The molecule has 0 bridgehead atoms. The minimum absolute atomic E-state index is 0.0247. The molecule has 1 saturated carbocycles. The smallest absolute Gasteiger partial charge is 0.252 e. The van der Waals surface area contributed by atoms with E-state index in [0.717, 1.165) is 73.8 Å². The van der Waals surface area contributed by atoms with Crippen molar-refractivity contribution in [2.24, 2.45) is 23.5 Å². The standard InChI is InChI=1S/C27H41N5O/c1-31(2)14-11-20-12-15-32(16-13-20)26-17-24(23-5-3-4-6-25(23)30-26)27(33)29-19-22-9-7-21(18-28)8-10-22/h3-6,17,20-22H,7-16,18-19,28H2,1-2H3,(H,29,33). The van der Waals surface area contributed by atoms with Crippen LogP contribution in [0.2, 0.25) is 0 Å². The van der Waals surface area contributed by atoms with E-state index in [1.54, 1.807) is 0 Å². The third-order valence-corrected chi connectivity index (χ3v) is 7.72. The number of nitrogens with zero attached hydrogens (tertiary/aromatic N) is 3. The number of nitrogens with two attached hydrogens (primary N) is 1. The summed E-state index contributed by atoms with van der Waals surface area (Å²) in [5.74, 6) is 2.97. The van der Waals surface area contributed by atoms with E-state index >= 15 is 0 Å². The normalized spacial score (nSPS) is 22.1. The van der Waals surface area contributed by atoms with Crippen LogP contribution in [-0.2, 0) is 0 Å². The number of carbonyl (C=O) groups is 1. The predicted molar refractivity (Wildman–Crippen MR) is 137 cm³/mol. The number of benzene rings is 1. The number of amides is 1. The van der Waals surface area contributed by atoms with Gasteiger partial charge in [-0.05, 0) is 102 Å². The molecule has 0 unspecified atom stereocenters. The summed E-state index contributed by atoms with van der Waals surface area (Å²) in [6.45, 7) is 4.71. The van der Waals surface area contributed by atoms with Gasteiger partial charge in [0.15, 0.2) is 0 Å². The first-order chi connectivity index (χ1) is 16.0. The first-order valence-corrected chi connectivity index (χ1v) is 12.8. The fourth-order valence-electron chi connectivity index (χ4n) is 5.41. The van der Waals surface area contributed by atoms with Crippen LogP contribution >= 0.6 is 0 Å². The number of fused-ring (bicyclic) bond motifs is 1. The Balaban J connectivity index is 1.43. The SMILES string of the molecule is CN(C)CCC1CCN(c2cc(C(=O)NCC3CCC(CN)CC3)c3ccccc3n2)CC1. The van der Waals surface area contributed by atoms with Gasteiger partial charge in [0.1, 0.15) is 5.82 Å². The van der Waals surface area contributed by atoms with Crippen LogP contribution in [0.1, 0.15) is 55.3 Å². The van der Waals surface area contributed by atoms with Crippen molar-refractivity contribution in [2.75, 3.05) is 51.7 Å². The molecule has 0 spiro atoms. The third-order valence-electron chi connectivity index (χ3n) is 7.72. The van der Waals surface area contributed by atoms with Crippen LogP contribution in [-0.4, -0.2) is 62.6 Å². The number of aromatic nitrogens is 1. The topological polar surface area (TPSA) is 74.5 Å². The lowest BCUT2D eigenvalue weighted by molar-refractivity contribution is 0.0943. The maximum absolute atomic E-state index is 13.3. The molecule has 180 valence electrons. The first kappa shape index (κ1) is 24.0. The van der Waals surface area contributed by atoms with Gasteiger partial charge in [0, 0.05) is 25.0 Å². The largest absolute Gasteiger partial charge is 0.357 e. The molecule has 6 nitrogen and oxygen atoms in total. The highest BCUT2D eigenvalue weighted by atomic mass is 16.1. The van der Waals surface area contributed by atoms with Crippen molar-refractivity contribution >= 4 is 22.6 Å². The van der Waals surface area contributed by atoms with Gasteiger partial charge in [0.05, 0.1) is 11.1 Å². The minimum Gasteiger partial charge on any atom is -0.357 e. The summed E-state index contributed by atoms with van der Waals surface area (Å²) in [6, 6.07) is 10.0. The predicted octanol–water partition coefficient (Wildman–Crippen LogP) is 3.90. The third kappa shape index (κ3) is 6.24. The summed E-state index contributed by atoms with van der Waals surface area (Å²) in [4.78, 5) is 22.8. The number of piperidine rings is 1. The summed E-state index contributed by atoms with van der Waals surface area (Å²) in [6.07, 6.45) is 8.33. The first-order valence-electron chi connectivity index (χ1n) is 12.8. The van der Waals surface area contributed by atoms with E-state index in [-0.39, 0.29) is 5.91 Å². The number of hydrogen-bond acceptors (Lipinski definition) is 5.